The molecule has 5 heteroatoms. The lowest BCUT2D eigenvalue weighted by atomic mass is 9.89. The first-order chi connectivity index (χ1) is 13.7. The van der Waals surface area contributed by atoms with Crippen molar-refractivity contribution in [3.63, 3.8) is 0 Å². The second kappa shape index (κ2) is 8.31. The topological polar surface area (TPSA) is 41.6 Å². The van der Waals surface area contributed by atoms with Crippen molar-refractivity contribution in [1.29, 1.82) is 0 Å². The van der Waals surface area contributed by atoms with E-state index in [-0.39, 0.29) is 17.8 Å². The second-order valence-corrected chi connectivity index (χ2v) is 7.83. The maximum absolute atomic E-state index is 13.8. The van der Waals surface area contributed by atoms with E-state index in [1.54, 1.807) is 19.2 Å². The Morgan fingerprint density at radius 2 is 2.04 bits per heavy atom. The lowest BCUT2D eigenvalue weighted by molar-refractivity contribution is -0.132. The zero-order valence-corrected chi connectivity index (χ0v) is 16.2. The molecule has 2 aromatic rings. The average Bonchev–Trinajstić information content (AvgIpc) is 3.29. The summed E-state index contributed by atoms with van der Waals surface area (Å²) in [6, 6.07) is 14.7. The molecule has 4 nitrogen and oxygen atoms in total. The summed E-state index contributed by atoms with van der Waals surface area (Å²) in [4.78, 5) is 15.0. The number of likely N-dealkylation sites (tertiary alicyclic amines) is 1. The minimum absolute atomic E-state index is 0.0239. The van der Waals surface area contributed by atoms with E-state index in [1.807, 2.05) is 35.2 Å². The van der Waals surface area contributed by atoms with Crippen LogP contribution in [0, 0.1) is 17.7 Å². The summed E-state index contributed by atoms with van der Waals surface area (Å²) >= 11 is 0. The first kappa shape index (κ1) is 18.9. The van der Waals surface area contributed by atoms with Gasteiger partial charge in [0.25, 0.3) is 0 Å². The van der Waals surface area contributed by atoms with E-state index < -0.39 is 0 Å². The molecule has 4 rings (SSSR count). The number of halogens is 1. The van der Waals surface area contributed by atoms with Gasteiger partial charge in [0, 0.05) is 32.0 Å². The molecule has 28 heavy (non-hydrogen) atoms. The van der Waals surface area contributed by atoms with Gasteiger partial charge >= 0.3 is 0 Å². The number of hydrogen-bond acceptors (Lipinski definition) is 3. The number of fused-ring (bicyclic) bond motifs is 1. The van der Waals surface area contributed by atoms with Gasteiger partial charge in [0.2, 0.25) is 5.91 Å². The van der Waals surface area contributed by atoms with E-state index in [4.69, 9.17) is 4.74 Å². The number of amides is 1. The molecule has 0 unspecified atom stereocenters. The molecule has 0 aromatic heterocycles. The summed E-state index contributed by atoms with van der Waals surface area (Å²) in [5, 5.41) is 3.43. The Hall–Kier alpha value is -2.40. The fourth-order valence-corrected chi connectivity index (χ4v) is 4.67. The third-order valence-corrected chi connectivity index (χ3v) is 6.09. The molecule has 1 N–H and O–H groups in total. The zero-order valence-electron chi connectivity index (χ0n) is 16.2. The first-order valence-corrected chi connectivity index (χ1v) is 10.0. The highest BCUT2D eigenvalue weighted by atomic mass is 19.1. The third-order valence-electron chi connectivity index (χ3n) is 6.09. The van der Waals surface area contributed by atoms with E-state index in [2.05, 4.69) is 5.32 Å². The predicted octanol–water partition coefficient (Wildman–Crippen LogP) is 3.58. The van der Waals surface area contributed by atoms with Crippen LogP contribution < -0.4 is 10.1 Å². The molecule has 0 spiro atoms. The molecule has 2 aliphatic heterocycles. The fraction of sp³-hybridized carbons (Fsp3) is 0.435. The minimum atomic E-state index is -0.237. The van der Waals surface area contributed by atoms with Crippen LogP contribution in [0.15, 0.2) is 48.5 Å². The van der Waals surface area contributed by atoms with Crippen LogP contribution in [0.25, 0.3) is 0 Å². The van der Waals surface area contributed by atoms with Gasteiger partial charge in [0.1, 0.15) is 11.6 Å². The van der Waals surface area contributed by atoms with Crippen LogP contribution in [-0.2, 0) is 11.2 Å². The lowest BCUT2D eigenvalue weighted by Gasteiger charge is -2.28. The number of nitrogens with one attached hydrogen (secondary N) is 1. The number of rotatable bonds is 6. The number of hydrogen-bond donors (Lipinski definition) is 1. The van der Waals surface area contributed by atoms with E-state index in [9.17, 15) is 9.18 Å². The molecule has 2 aliphatic rings. The van der Waals surface area contributed by atoms with Gasteiger partial charge in [-0.3, -0.25) is 4.79 Å². The number of carbonyl (C=O) groups is 1. The molecule has 0 bridgehead atoms. The molecule has 0 radical (unpaired) electrons. The maximum Gasteiger partial charge on any atom is 0.223 e. The Morgan fingerprint density at radius 3 is 2.79 bits per heavy atom. The Labute approximate surface area is 165 Å². The van der Waals surface area contributed by atoms with Crippen LogP contribution in [0.3, 0.4) is 0 Å². The standard InChI is InChI=1S/C23H27FN2O2/c1-28-20-10-8-16(9-11-20)4-2-7-22(27)26-15-18-13-25-14-21(18)23(26)17-5-3-6-19(24)12-17/h3,5-6,8-12,18,21,23,25H,2,4,7,13-15H2,1H3/t18-,21-,23+/m0/s1. The molecule has 0 saturated carbocycles. The molecular formula is C23H27FN2O2. The van der Waals surface area contributed by atoms with E-state index >= 15 is 0 Å². The summed E-state index contributed by atoms with van der Waals surface area (Å²) in [6.45, 7) is 2.59. The summed E-state index contributed by atoms with van der Waals surface area (Å²) < 4.78 is 19.0. The number of carbonyl (C=O) groups excluding carboxylic acids is 1. The molecule has 1 amide bonds. The molecule has 2 heterocycles. The van der Waals surface area contributed by atoms with Gasteiger partial charge in [0.15, 0.2) is 0 Å². The molecule has 0 aliphatic carbocycles. The highest BCUT2D eigenvalue weighted by Crippen LogP contribution is 2.43. The Kier molecular flexibility index (Phi) is 5.62. The fourth-order valence-electron chi connectivity index (χ4n) is 4.67. The number of aryl methyl sites for hydroxylation is 1. The van der Waals surface area contributed by atoms with Crippen LogP contribution in [0.1, 0.15) is 30.0 Å². The van der Waals surface area contributed by atoms with Gasteiger partial charge < -0.3 is 15.0 Å². The summed E-state index contributed by atoms with van der Waals surface area (Å²) in [6.07, 6.45) is 2.19. The van der Waals surface area contributed by atoms with Gasteiger partial charge in [-0.15, -0.1) is 0 Å². The van der Waals surface area contributed by atoms with Crippen molar-refractivity contribution < 1.29 is 13.9 Å². The molecular weight excluding hydrogens is 355 g/mol. The van der Waals surface area contributed by atoms with Crippen molar-refractivity contribution >= 4 is 5.91 Å². The number of methoxy groups -OCH3 is 1. The molecule has 2 aromatic carbocycles. The molecule has 148 valence electrons. The molecule has 3 atom stereocenters. The smallest absolute Gasteiger partial charge is 0.223 e. The quantitative estimate of drug-likeness (QED) is 0.830. The van der Waals surface area contributed by atoms with Crippen LogP contribution in [-0.4, -0.2) is 37.6 Å². The maximum atomic E-state index is 13.8. The minimum Gasteiger partial charge on any atom is -0.497 e. The highest BCUT2D eigenvalue weighted by molar-refractivity contribution is 5.77. The second-order valence-electron chi connectivity index (χ2n) is 7.83. The summed E-state index contributed by atoms with van der Waals surface area (Å²) in [7, 11) is 1.66. The average molecular weight is 382 g/mol. The van der Waals surface area contributed by atoms with Gasteiger partial charge in [-0.25, -0.2) is 4.39 Å². The molecule has 2 saturated heterocycles. The van der Waals surface area contributed by atoms with E-state index in [1.165, 1.54) is 11.6 Å². The first-order valence-electron chi connectivity index (χ1n) is 10.0. The largest absolute Gasteiger partial charge is 0.497 e. The SMILES string of the molecule is COc1ccc(CCCC(=O)N2C[C@@H]3CNC[C@@H]3[C@H]2c2cccc(F)c2)cc1. The van der Waals surface area contributed by atoms with Crippen LogP contribution in [0.5, 0.6) is 5.75 Å². The van der Waals surface area contributed by atoms with Gasteiger partial charge in [-0.1, -0.05) is 24.3 Å². The van der Waals surface area contributed by atoms with Gasteiger partial charge in [-0.2, -0.15) is 0 Å². The molecule has 2 fully saturated rings. The van der Waals surface area contributed by atoms with Crippen LogP contribution in [0.2, 0.25) is 0 Å². The lowest BCUT2D eigenvalue weighted by Crippen LogP contribution is -2.34. The van der Waals surface area contributed by atoms with E-state index in [0.29, 0.717) is 18.3 Å². The van der Waals surface area contributed by atoms with Gasteiger partial charge in [-0.05, 0) is 54.2 Å². The summed E-state index contributed by atoms with van der Waals surface area (Å²) in [5.74, 6) is 1.61. The zero-order chi connectivity index (χ0) is 19.5. The van der Waals surface area contributed by atoms with Crippen LogP contribution in [0.4, 0.5) is 4.39 Å². The van der Waals surface area contributed by atoms with Crippen molar-refractivity contribution in [1.82, 2.24) is 10.2 Å². The number of benzene rings is 2. The van der Waals surface area contributed by atoms with Crippen molar-refractivity contribution in [2.45, 2.75) is 25.3 Å². The normalized spacial score (nSPS) is 23.6. The van der Waals surface area contributed by atoms with Crippen molar-refractivity contribution in [3.8, 4) is 5.75 Å². The monoisotopic (exact) mass is 382 g/mol. The van der Waals surface area contributed by atoms with Crippen molar-refractivity contribution in [2.75, 3.05) is 26.7 Å². The Bertz CT molecular complexity index is 824. The summed E-state index contributed by atoms with van der Waals surface area (Å²) in [5.41, 5.74) is 2.12. The third kappa shape index (κ3) is 3.90. The van der Waals surface area contributed by atoms with Crippen molar-refractivity contribution in [3.05, 3.63) is 65.5 Å². The predicted molar refractivity (Wildman–Crippen MR) is 107 cm³/mol. The number of nitrogens with zero attached hydrogens (tertiary/aromatic N) is 1. The van der Waals surface area contributed by atoms with Crippen LogP contribution >= 0.6 is 0 Å². The Balaban J connectivity index is 1.41. The van der Waals surface area contributed by atoms with E-state index in [0.717, 1.165) is 43.8 Å². The van der Waals surface area contributed by atoms with Crippen molar-refractivity contribution in [2.24, 2.45) is 11.8 Å². The Morgan fingerprint density at radius 1 is 1.21 bits per heavy atom. The number of ether oxygens (including phenoxy) is 1. The van der Waals surface area contributed by atoms with Gasteiger partial charge in [0.05, 0.1) is 13.2 Å². The highest BCUT2D eigenvalue weighted by Gasteiger charge is 2.46.